The van der Waals surface area contributed by atoms with Crippen LogP contribution in [0.1, 0.15) is 12.5 Å². The molecule has 2 aliphatic rings. The van der Waals surface area contributed by atoms with Crippen LogP contribution in [-0.2, 0) is 27.7 Å². The van der Waals surface area contributed by atoms with Crippen molar-refractivity contribution in [2.24, 2.45) is 0 Å². The first kappa shape index (κ1) is 30.8. The van der Waals surface area contributed by atoms with Crippen molar-refractivity contribution >= 4 is 49.7 Å². The smallest absolute Gasteiger partial charge is 0.338 e. The molecule has 4 aromatic heterocycles. The van der Waals surface area contributed by atoms with Gasteiger partial charge in [0.15, 0.2) is 18.1 Å². The number of aromatic amines is 1. The molecule has 2 fully saturated rings. The number of rotatable bonds is 9. The number of nitrogens with zero attached hydrogens (tertiary/aromatic N) is 5. The largest absolute Gasteiger partial charge is 0.394 e. The molecule has 0 aromatic carbocycles. The Bertz CT molecular complexity index is 1830. The number of hydrogen-bond donors (Lipinski definition) is 8. The summed E-state index contributed by atoms with van der Waals surface area (Å²) in [5.41, 5.74) is 9.48. The SMILES string of the molecule is Nc1nc2c(ccn2[C@@H]2O[C@H](CO)[C@@H](O)[C@H]2P(=O)(O)OC[C@H]2O[C@@H](n3ccc4c(N)ncnc43)[C@H](O)[C@@H]2O[PH](=O)O)c(=O)[nH]1. The number of hydrogen-bond acceptors (Lipinski definition) is 15. The molecular weight excluding hydrogens is 630 g/mol. The van der Waals surface area contributed by atoms with Gasteiger partial charge in [-0.25, -0.2) is 9.97 Å². The number of aromatic nitrogens is 6. The molecule has 2 aliphatic heterocycles. The molecule has 6 heterocycles. The van der Waals surface area contributed by atoms with Crippen molar-refractivity contribution in [2.45, 2.75) is 48.6 Å². The summed E-state index contributed by atoms with van der Waals surface area (Å²) in [5, 5.41) is 32.2. The normalized spacial score (nSPS) is 31.1. The number of H-pyrrole nitrogens is 1. The molecule has 238 valence electrons. The number of fused-ring (bicyclic) bond motifs is 2. The number of aliphatic hydroxyl groups excluding tert-OH is 3. The minimum Gasteiger partial charge on any atom is -0.394 e. The van der Waals surface area contributed by atoms with Crippen molar-refractivity contribution in [2.75, 3.05) is 24.7 Å². The second-order valence-corrected chi connectivity index (χ2v) is 12.9. The van der Waals surface area contributed by atoms with E-state index in [2.05, 4.69) is 19.9 Å². The summed E-state index contributed by atoms with van der Waals surface area (Å²) in [7, 11) is -8.59. The van der Waals surface area contributed by atoms with E-state index in [0.717, 1.165) is 0 Å². The van der Waals surface area contributed by atoms with Crippen LogP contribution < -0.4 is 17.0 Å². The number of nitrogens with one attached hydrogen (secondary N) is 1. The number of ether oxygens (including phenoxy) is 2. The standard InChI is InChI=1S/C22H28N8O12P2/c23-16-8-1-3-29(17(8)26-7-25-16)20-13(33)14(42-43(35)36)11(41-20)6-39-44(37,38)15-12(32)10(5-31)40-21(15)30-4-2-9-18(30)27-22(24)28-19(9)34/h1-4,7,10-15,20-21,31-33,43H,5-6H2,(H,35,36)(H,37,38)(H2,23,25,26)(H3,24,27,28,34)/t10-,11-,12-,13-,14-,15-,20-,21-/m1/s1. The Labute approximate surface area is 246 Å². The zero-order valence-electron chi connectivity index (χ0n) is 22.4. The molecule has 2 unspecified atom stereocenters. The Balaban J connectivity index is 1.29. The van der Waals surface area contributed by atoms with Crippen LogP contribution in [-0.4, -0.2) is 104 Å². The van der Waals surface area contributed by atoms with E-state index < -0.39 is 83.3 Å². The molecule has 22 heteroatoms. The Morgan fingerprint density at radius 3 is 2.43 bits per heavy atom. The summed E-state index contributed by atoms with van der Waals surface area (Å²) >= 11 is 0. The second kappa shape index (κ2) is 11.6. The summed E-state index contributed by atoms with van der Waals surface area (Å²) in [6, 6.07) is 2.93. The Kier molecular flexibility index (Phi) is 8.10. The molecule has 0 saturated carbocycles. The number of nitrogens with two attached hydrogens (primary N) is 2. The van der Waals surface area contributed by atoms with Crippen molar-refractivity contribution in [3.8, 4) is 0 Å². The molecule has 4 aromatic rings. The predicted molar refractivity (Wildman–Crippen MR) is 149 cm³/mol. The number of aliphatic hydroxyl groups is 3. The maximum Gasteiger partial charge on any atom is 0.338 e. The lowest BCUT2D eigenvalue weighted by atomic mass is 10.1. The van der Waals surface area contributed by atoms with Crippen molar-refractivity contribution < 1.29 is 52.8 Å². The van der Waals surface area contributed by atoms with Gasteiger partial charge in [0.05, 0.1) is 24.0 Å². The fourth-order valence-corrected chi connectivity index (χ4v) is 7.71. The van der Waals surface area contributed by atoms with Gasteiger partial charge in [-0.15, -0.1) is 0 Å². The molecule has 0 radical (unpaired) electrons. The maximum absolute atomic E-state index is 13.7. The molecule has 0 spiro atoms. The third-order valence-electron chi connectivity index (χ3n) is 7.55. The highest BCUT2D eigenvalue weighted by molar-refractivity contribution is 7.53. The predicted octanol–water partition coefficient (Wildman–Crippen LogP) is -1.82. The molecule has 10 atom stereocenters. The van der Waals surface area contributed by atoms with E-state index in [9.17, 15) is 39.0 Å². The molecule has 6 rings (SSSR count). The summed E-state index contributed by atoms with van der Waals surface area (Å²) < 4.78 is 50.0. The van der Waals surface area contributed by atoms with Gasteiger partial charge in [0.25, 0.3) is 5.56 Å². The van der Waals surface area contributed by atoms with Gasteiger partial charge >= 0.3 is 15.9 Å². The van der Waals surface area contributed by atoms with Gasteiger partial charge in [-0.05, 0) is 12.1 Å². The third kappa shape index (κ3) is 5.23. The molecule has 44 heavy (non-hydrogen) atoms. The number of nitrogen functional groups attached to an aromatic ring is 2. The molecule has 20 nitrogen and oxygen atoms in total. The van der Waals surface area contributed by atoms with Crippen LogP contribution in [0.2, 0.25) is 0 Å². The quantitative estimate of drug-likeness (QED) is 0.0918. The van der Waals surface area contributed by atoms with Crippen molar-refractivity contribution in [1.29, 1.82) is 0 Å². The minimum absolute atomic E-state index is 0.0259. The van der Waals surface area contributed by atoms with E-state index in [1.807, 2.05) is 0 Å². The number of anilines is 2. The van der Waals surface area contributed by atoms with Crippen LogP contribution in [0.5, 0.6) is 0 Å². The molecule has 0 bridgehead atoms. The summed E-state index contributed by atoms with van der Waals surface area (Å²) in [4.78, 5) is 47.4. The van der Waals surface area contributed by atoms with Crippen LogP contribution in [0.3, 0.4) is 0 Å². The zero-order chi connectivity index (χ0) is 31.5. The fraction of sp³-hybridized carbons (Fsp3) is 0.455. The van der Waals surface area contributed by atoms with Crippen LogP contribution in [0.4, 0.5) is 11.8 Å². The van der Waals surface area contributed by atoms with Gasteiger partial charge in [-0.1, -0.05) is 0 Å². The van der Waals surface area contributed by atoms with Gasteiger partial charge in [0, 0.05) is 12.4 Å². The lowest BCUT2D eigenvalue weighted by Gasteiger charge is -2.27. The Hall–Kier alpha value is -3.26. The van der Waals surface area contributed by atoms with E-state index in [1.165, 1.54) is 33.9 Å². The van der Waals surface area contributed by atoms with E-state index in [1.54, 1.807) is 6.07 Å². The van der Waals surface area contributed by atoms with Gasteiger partial charge in [-0.3, -0.25) is 18.9 Å². The van der Waals surface area contributed by atoms with Crippen LogP contribution >= 0.6 is 15.9 Å². The van der Waals surface area contributed by atoms with Crippen molar-refractivity contribution in [3.05, 3.63) is 41.2 Å². The highest BCUT2D eigenvalue weighted by Crippen LogP contribution is 2.57. The van der Waals surface area contributed by atoms with Crippen molar-refractivity contribution in [1.82, 2.24) is 29.1 Å². The summed E-state index contributed by atoms with van der Waals surface area (Å²) in [5.74, 6) is -0.0911. The lowest BCUT2D eigenvalue weighted by molar-refractivity contribution is -0.0488. The van der Waals surface area contributed by atoms with E-state index >= 15 is 0 Å². The zero-order valence-corrected chi connectivity index (χ0v) is 24.2. The van der Waals surface area contributed by atoms with Crippen LogP contribution in [0.15, 0.2) is 35.6 Å². The molecule has 10 N–H and O–H groups in total. The second-order valence-electron chi connectivity index (χ2n) is 10.1. The highest BCUT2D eigenvalue weighted by atomic mass is 31.2. The molecule has 2 saturated heterocycles. The van der Waals surface area contributed by atoms with Gasteiger partial charge in [0.1, 0.15) is 54.0 Å². The average molecular weight is 658 g/mol. The van der Waals surface area contributed by atoms with E-state index in [4.69, 9.17) is 30.0 Å². The molecule has 0 amide bonds. The summed E-state index contributed by atoms with van der Waals surface area (Å²) in [6.45, 7) is -1.50. The van der Waals surface area contributed by atoms with Crippen molar-refractivity contribution in [3.63, 3.8) is 0 Å². The minimum atomic E-state index is -4.95. The van der Waals surface area contributed by atoms with Crippen LogP contribution in [0.25, 0.3) is 22.1 Å². The first-order chi connectivity index (χ1) is 20.9. The average Bonchev–Trinajstić information content (AvgIpc) is 3.72. The monoisotopic (exact) mass is 658 g/mol. The van der Waals surface area contributed by atoms with Crippen LogP contribution in [0, 0.1) is 0 Å². The highest BCUT2D eigenvalue weighted by Gasteiger charge is 2.56. The Morgan fingerprint density at radius 2 is 1.73 bits per heavy atom. The molecular formula is C22H28N8O12P2. The fourth-order valence-electron chi connectivity index (χ4n) is 5.54. The van der Waals surface area contributed by atoms with Gasteiger partial charge < -0.3 is 64.2 Å². The van der Waals surface area contributed by atoms with E-state index in [0.29, 0.717) is 5.39 Å². The van der Waals surface area contributed by atoms with E-state index in [-0.39, 0.29) is 28.4 Å². The van der Waals surface area contributed by atoms with Gasteiger partial charge in [0.2, 0.25) is 5.95 Å². The first-order valence-corrected chi connectivity index (χ1v) is 15.9. The topological polar surface area (TPSA) is 306 Å². The van der Waals surface area contributed by atoms with Gasteiger partial charge in [-0.2, -0.15) is 4.98 Å². The Morgan fingerprint density at radius 1 is 1.05 bits per heavy atom. The lowest BCUT2D eigenvalue weighted by Crippen LogP contribution is -2.37. The maximum atomic E-state index is 13.7. The first-order valence-electron chi connectivity index (χ1n) is 13.0. The summed E-state index contributed by atoms with van der Waals surface area (Å²) in [6.07, 6.45) is -6.25. The molecule has 0 aliphatic carbocycles. The third-order valence-corrected chi connectivity index (χ3v) is 9.86.